The summed E-state index contributed by atoms with van der Waals surface area (Å²) in [6.45, 7) is 8.80. The molecule has 2 N–H and O–H groups in total. The Labute approximate surface area is 92.4 Å². The van der Waals surface area contributed by atoms with Gasteiger partial charge >= 0.3 is 0 Å². The molecule has 0 spiro atoms. The van der Waals surface area contributed by atoms with Gasteiger partial charge in [-0.25, -0.2) is 0 Å². The van der Waals surface area contributed by atoms with Crippen LogP contribution in [0, 0.1) is 13.8 Å². The van der Waals surface area contributed by atoms with Crippen LogP contribution in [0.3, 0.4) is 0 Å². The molecule has 0 aliphatic carbocycles. The minimum atomic E-state index is -0.0210. The van der Waals surface area contributed by atoms with Crippen molar-refractivity contribution in [2.24, 2.45) is 5.73 Å². The Hall–Kier alpha value is -0.860. The summed E-state index contributed by atoms with van der Waals surface area (Å²) in [5.41, 5.74) is 9.76. The van der Waals surface area contributed by atoms with Crippen LogP contribution >= 0.6 is 0 Å². The Morgan fingerprint density at radius 1 is 1.27 bits per heavy atom. The van der Waals surface area contributed by atoms with E-state index < -0.39 is 0 Å². The van der Waals surface area contributed by atoms with Crippen LogP contribution in [0.15, 0.2) is 18.2 Å². The normalized spacial score (nSPS) is 13.2. The van der Waals surface area contributed by atoms with E-state index in [1.807, 2.05) is 13.8 Å². The molecule has 0 heterocycles. The largest absolute Gasteiger partial charge is 0.377 e. The lowest BCUT2D eigenvalue weighted by molar-refractivity contribution is 0.0682. The summed E-state index contributed by atoms with van der Waals surface area (Å²) in [4.78, 5) is 0. The second-order valence-electron chi connectivity index (χ2n) is 4.35. The van der Waals surface area contributed by atoms with Gasteiger partial charge < -0.3 is 10.5 Å². The maximum atomic E-state index is 6.09. The molecule has 2 heteroatoms. The molecule has 84 valence electrons. The summed E-state index contributed by atoms with van der Waals surface area (Å²) >= 11 is 0. The first-order valence-corrected chi connectivity index (χ1v) is 5.45. The fourth-order valence-corrected chi connectivity index (χ4v) is 1.55. The van der Waals surface area contributed by atoms with Gasteiger partial charge in [0.1, 0.15) is 0 Å². The molecule has 1 unspecified atom stereocenters. The van der Waals surface area contributed by atoms with Crippen LogP contribution in [-0.4, -0.2) is 12.7 Å². The molecule has 0 saturated heterocycles. The number of rotatable bonds is 4. The van der Waals surface area contributed by atoms with Crippen molar-refractivity contribution in [2.75, 3.05) is 6.61 Å². The molecule has 15 heavy (non-hydrogen) atoms. The SMILES string of the molecule is Cc1ccc(C)c(C(N)COC(C)C)c1. The highest BCUT2D eigenvalue weighted by molar-refractivity contribution is 5.32. The highest BCUT2D eigenvalue weighted by Crippen LogP contribution is 2.17. The zero-order valence-corrected chi connectivity index (χ0v) is 10.1. The minimum Gasteiger partial charge on any atom is -0.377 e. The van der Waals surface area contributed by atoms with Crippen LogP contribution in [-0.2, 0) is 4.74 Å². The van der Waals surface area contributed by atoms with Gasteiger partial charge in [-0.05, 0) is 38.8 Å². The van der Waals surface area contributed by atoms with Gasteiger partial charge in [0.05, 0.1) is 18.8 Å². The van der Waals surface area contributed by atoms with E-state index in [2.05, 4.69) is 32.0 Å². The van der Waals surface area contributed by atoms with Crippen molar-refractivity contribution in [3.8, 4) is 0 Å². The Balaban J connectivity index is 2.72. The average molecular weight is 207 g/mol. The quantitative estimate of drug-likeness (QED) is 0.824. The Morgan fingerprint density at radius 2 is 1.93 bits per heavy atom. The predicted molar refractivity (Wildman–Crippen MR) is 63.9 cm³/mol. The fourth-order valence-electron chi connectivity index (χ4n) is 1.55. The van der Waals surface area contributed by atoms with Gasteiger partial charge in [-0.2, -0.15) is 0 Å². The topological polar surface area (TPSA) is 35.2 Å². The van der Waals surface area contributed by atoms with Gasteiger partial charge in [0.15, 0.2) is 0 Å². The number of nitrogens with two attached hydrogens (primary N) is 1. The Morgan fingerprint density at radius 3 is 2.53 bits per heavy atom. The van der Waals surface area contributed by atoms with E-state index in [-0.39, 0.29) is 12.1 Å². The Bertz CT molecular complexity index is 320. The molecule has 1 atom stereocenters. The van der Waals surface area contributed by atoms with Crippen molar-refractivity contribution in [1.82, 2.24) is 0 Å². The molecule has 1 aromatic carbocycles. The smallest absolute Gasteiger partial charge is 0.0662 e. The third-order valence-electron chi connectivity index (χ3n) is 2.44. The fraction of sp³-hybridized carbons (Fsp3) is 0.538. The van der Waals surface area contributed by atoms with Gasteiger partial charge in [0, 0.05) is 0 Å². The highest BCUT2D eigenvalue weighted by atomic mass is 16.5. The predicted octanol–water partition coefficient (Wildman–Crippen LogP) is 2.73. The molecule has 0 fully saturated rings. The maximum absolute atomic E-state index is 6.09. The van der Waals surface area contributed by atoms with E-state index in [0.29, 0.717) is 6.61 Å². The van der Waals surface area contributed by atoms with Crippen LogP contribution in [0.25, 0.3) is 0 Å². The van der Waals surface area contributed by atoms with Gasteiger partial charge in [0.2, 0.25) is 0 Å². The molecule has 2 nitrogen and oxygen atoms in total. The van der Waals surface area contributed by atoms with Crippen molar-refractivity contribution in [1.29, 1.82) is 0 Å². The van der Waals surface area contributed by atoms with E-state index in [0.717, 1.165) is 0 Å². The van der Waals surface area contributed by atoms with Gasteiger partial charge in [-0.1, -0.05) is 23.8 Å². The summed E-state index contributed by atoms with van der Waals surface area (Å²) in [7, 11) is 0. The second-order valence-corrected chi connectivity index (χ2v) is 4.35. The standard InChI is InChI=1S/C13H21NO/c1-9(2)15-8-13(14)12-7-10(3)5-6-11(12)4/h5-7,9,13H,8,14H2,1-4H3. The summed E-state index contributed by atoms with van der Waals surface area (Å²) < 4.78 is 5.53. The molecule has 0 aromatic heterocycles. The molecule has 0 aliphatic rings. The zero-order chi connectivity index (χ0) is 11.4. The number of benzene rings is 1. The van der Waals surface area contributed by atoms with Gasteiger partial charge in [-0.3, -0.25) is 0 Å². The third kappa shape index (κ3) is 3.65. The van der Waals surface area contributed by atoms with Crippen LogP contribution in [0.1, 0.15) is 36.6 Å². The molecule has 0 amide bonds. The Kier molecular flexibility index (Phi) is 4.30. The number of aryl methyl sites for hydroxylation is 2. The monoisotopic (exact) mass is 207 g/mol. The molecule has 0 aliphatic heterocycles. The lowest BCUT2D eigenvalue weighted by atomic mass is 10.00. The van der Waals surface area contributed by atoms with Gasteiger partial charge in [0.25, 0.3) is 0 Å². The first-order valence-electron chi connectivity index (χ1n) is 5.45. The van der Waals surface area contributed by atoms with Crippen molar-refractivity contribution < 1.29 is 4.74 Å². The second kappa shape index (κ2) is 5.29. The summed E-state index contributed by atoms with van der Waals surface area (Å²) in [5.74, 6) is 0. The number of ether oxygens (including phenoxy) is 1. The van der Waals surface area contributed by atoms with Gasteiger partial charge in [-0.15, -0.1) is 0 Å². The van der Waals surface area contributed by atoms with Crippen molar-refractivity contribution >= 4 is 0 Å². The summed E-state index contributed by atoms with van der Waals surface area (Å²) in [6.07, 6.45) is 0.237. The number of hydrogen-bond donors (Lipinski definition) is 1. The molecular formula is C13H21NO. The molecular weight excluding hydrogens is 186 g/mol. The van der Waals surface area contributed by atoms with E-state index in [1.54, 1.807) is 0 Å². The zero-order valence-electron chi connectivity index (χ0n) is 10.1. The van der Waals surface area contributed by atoms with Crippen LogP contribution in [0.5, 0.6) is 0 Å². The van der Waals surface area contributed by atoms with E-state index in [1.165, 1.54) is 16.7 Å². The van der Waals surface area contributed by atoms with Crippen LogP contribution in [0.4, 0.5) is 0 Å². The van der Waals surface area contributed by atoms with Crippen molar-refractivity contribution in [3.63, 3.8) is 0 Å². The highest BCUT2D eigenvalue weighted by Gasteiger charge is 2.09. The summed E-state index contributed by atoms with van der Waals surface area (Å²) in [6, 6.07) is 6.34. The average Bonchev–Trinajstić information content (AvgIpc) is 2.18. The van der Waals surface area contributed by atoms with Crippen molar-refractivity contribution in [3.05, 3.63) is 34.9 Å². The molecule has 0 saturated carbocycles. The number of hydrogen-bond acceptors (Lipinski definition) is 2. The molecule has 1 aromatic rings. The van der Waals surface area contributed by atoms with E-state index in [4.69, 9.17) is 10.5 Å². The molecule has 0 radical (unpaired) electrons. The van der Waals surface area contributed by atoms with Crippen LogP contribution < -0.4 is 5.73 Å². The maximum Gasteiger partial charge on any atom is 0.0662 e. The van der Waals surface area contributed by atoms with Crippen molar-refractivity contribution in [2.45, 2.75) is 39.8 Å². The third-order valence-corrected chi connectivity index (χ3v) is 2.44. The molecule has 0 bridgehead atoms. The first kappa shape index (κ1) is 12.2. The molecule has 1 rings (SSSR count). The lowest BCUT2D eigenvalue weighted by Crippen LogP contribution is -2.20. The first-order chi connectivity index (χ1) is 7.00. The minimum absolute atomic E-state index is 0.0210. The summed E-state index contributed by atoms with van der Waals surface area (Å²) in [5, 5.41) is 0. The lowest BCUT2D eigenvalue weighted by Gasteiger charge is -2.17. The van der Waals surface area contributed by atoms with E-state index >= 15 is 0 Å². The van der Waals surface area contributed by atoms with Crippen LogP contribution in [0.2, 0.25) is 0 Å². The van der Waals surface area contributed by atoms with E-state index in [9.17, 15) is 0 Å².